The van der Waals surface area contributed by atoms with E-state index in [0.29, 0.717) is 12.8 Å². The van der Waals surface area contributed by atoms with E-state index in [-0.39, 0.29) is 12.5 Å². The van der Waals surface area contributed by atoms with Crippen LogP contribution in [0, 0.1) is 0 Å². The lowest BCUT2D eigenvalue weighted by molar-refractivity contribution is -0.124. The van der Waals surface area contributed by atoms with Crippen LogP contribution >= 0.6 is 0 Å². The molecule has 1 amide bonds. The molecule has 0 saturated heterocycles. The molecule has 0 rings (SSSR count). The Morgan fingerprint density at radius 2 is 0.820 bits per heavy atom. The van der Waals surface area contributed by atoms with Crippen molar-refractivity contribution < 1.29 is 20.1 Å². The van der Waals surface area contributed by atoms with Crippen LogP contribution in [0.2, 0.25) is 0 Å². The van der Waals surface area contributed by atoms with Crippen molar-refractivity contribution in [1.82, 2.24) is 5.32 Å². The van der Waals surface area contributed by atoms with E-state index >= 15 is 0 Å². The molecule has 0 saturated carbocycles. The van der Waals surface area contributed by atoms with Crippen LogP contribution in [0.5, 0.6) is 0 Å². The zero-order valence-corrected chi connectivity index (χ0v) is 33.5. The van der Waals surface area contributed by atoms with Crippen LogP contribution in [0.25, 0.3) is 0 Å². The highest BCUT2D eigenvalue weighted by Gasteiger charge is 2.26. The normalized spacial score (nSPS) is 13.8. The molecular weight excluding hydrogens is 618 g/mol. The van der Waals surface area contributed by atoms with E-state index in [1.807, 2.05) is 0 Å². The summed E-state index contributed by atoms with van der Waals surface area (Å²) in [5.41, 5.74) is 0. The fourth-order valence-electron chi connectivity index (χ4n) is 6.81. The van der Waals surface area contributed by atoms with Crippen LogP contribution in [0.4, 0.5) is 0 Å². The fourth-order valence-corrected chi connectivity index (χ4v) is 6.81. The molecule has 4 N–H and O–H groups in total. The van der Waals surface area contributed by atoms with Crippen LogP contribution in [-0.2, 0) is 4.79 Å². The lowest BCUT2D eigenvalue weighted by atomic mass is 10.0. The number of allylic oxidation sites excluding steroid dienone is 4. The first-order valence-corrected chi connectivity index (χ1v) is 22.1. The largest absolute Gasteiger partial charge is 0.394 e. The highest BCUT2D eigenvalue weighted by atomic mass is 16.3. The number of unbranched alkanes of at least 4 members (excludes halogenated alkanes) is 28. The molecule has 0 aliphatic heterocycles. The Morgan fingerprint density at radius 3 is 1.20 bits per heavy atom. The van der Waals surface area contributed by atoms with Crippen molar-refractivity contribution in [2.45, 2.75) is 250 Å². The quantitative estimate of drug-likeness (QED) is 0.0377. The van der Waals surface area contributed by atoms with Crippen LogP contribution in [-0.4, -0.2) is 46.1 Å². The van der Waals surface area contributed by atoms with E-state index < -0.39 is 18.2 Å². The maximum absolute atomic E-state index is 12.4. The van der Waals surface area contributed by atoms with Crippen LogP contribution in [0.1, 0.15) is 232 Å². The molecular formula is C45H87NO4. The minimum absolute atomic E-state index is 0.156. The SMILES string of the molecule is CCCC/C=C/CC/C=C/CCCC(O)C(O)C(CO)NC(=O)CCCCCCCCCCCCCCCCCCCCCCCCCCC. The van der Waals surface area contributed by atoms with Crippen molar-refractivity contribution in [1.29, 1.82) is 0 Å². The number of aliphatic hydroxyl groups excluding tert-OH is 3. The highest BCUT2D eigenvalue weighted by Crippen LogP contribution is 2.16. The molecule has 0 bridgehead atoms. The van der Waals surface area contributed by atoms with Crippen LogP contribution < -0.4 is 5.32 Å². The lowest BCUT2D eigenvalue weighted by Crippen LogP contribution is -2.50. The Balaban J connectivity index is 3.55. The molecule has 3 unspecified atom stereocenters. The first kappa shape index (κ1) is 48.8. The minimum Gasteiger partial charge on any atom is -0.394 e. The van der Waals surface area contributed by atoms with Crippen LogP contribution in [0.15, 0.2) is 24.3 Å². The molecule has 296 valence electrons. The van der Waals surface area contributed by atoms with Gasteiger partial charge in [0.2, 0.25) is 5.91 Å². The maximum atomic E-state index is 12.4. The number of hydrogen-bond acceptors (Lipinski definition) is 4. The standard InChI is InChI=1S/C45H87NO4/c1-3-5-7-9-11-13-15-16-17-18-19-20-21-22-23-24-25-26-27-28-30-32-34-36-38-40-44(49)46-42(41-47)45(50)43(48)39-37-35-33-31-29-14-12-10-8-6-4-2/h10,12,31,33,42-43,45,47-48,50H,3-9,11,13-30,32,34-41H2,1-2H3,(H,46,49)/b12-10+,33-31+. The second-order valence-corrected chi connectivity index (χ2v) is 15.2. The summed E-state index contributed by atoms with van der Waals surface area (Å²) in [5, 5.41) is 33.4. The van der Waals surface area contributed by atoms with E-state index in [9.17, 15) is 20.1 Å². The molecule has 0 aliphatic carbocycles. The van der Waals surface area contributed by atoms with Gasteiger partial charge in [0.15, 0.2) is 0 Å². The van der Waals surface area contributed by atoms with Gasteiger partial charge in [-0.05, 0) is 44.9 Å². The van der Waals surface area contributed by atoms with Gasteiger partial charge in [0.25, 0.3) is 0 Å². The third-order valence-electron chi connectivity index (χ3n) is 10.3. The minimum atomic E-state index is -1.16. The molecule has 0 aromatic carbocycles. The third-order valence-corrected chi connectivity index (χ3v) is 10.3. The predicted octanol–water partition coefficient (Wildman–Crippen LogP) is 12.6. The molecule has 0 aromatic heterocycles. The molecule has 50 heavy (non-hydrogen) atoms. The molecule has 5 heteroatoms. The number of aliphatic hydroxyl groups is 3. The van der Waals surface area contributed by atoms with Crippen molar-refractivity contribution >= 4 is 5.91 Å². The fraction of sp³-hybridized carbons (Fsp3) is 0.889. The van der Waals surface area contributed by atoms with E-state index in [1.165, 1.54) is 154 Å². The Kier molecular flexibility index (Phi) is 39.6. The number of nitrogens with one attached hydrogen (secondary N) is 1. The van der Waals surface area contributed by atoms with Gasteiger partial charge in [-0.25, -0.2) is 0 Å². The van der Waals surface area contributed by atoms with Crippen LogP contribution in [0.3, 0.4) is 0 Å². The van der Waals surface area contributed by atoms with Gasteiger partial charge < -0.3 is 20.6 Å². The number of amides is 1. The second-order valence-electron chi connectivity index (χ2n) is 15.2. The van der Waals surface area contributed by atoms with Crippen molar-refractivity contribution in [2.75, 3.05) is 6.61 Å². The van der Waals surface area contributed by atoms with Crippen molar-refractivity contribution in [2.24, 2.45) is 0 Å². The second kappa shape index (κ2) is 40.6. The molecule has 0 aliphatic rings. The lowest BCUT2D eigenvalue weighted by Gasteiger charge is -2.26. The van der Waals surface area contributed by atoms with Crippen molar-refractivity contribution in [3.63, 3.8) is 0 Å². The molecule has 0 aromatic rings. The summed E-state index contributed by atoms with van der Waals surface area (Å²) in [4.78, 5) is 12.4. The molecule has 0 spiro atoms. The zero-order valence-electron chi connectivity index (χ0n) is 33.5. The van der Waals surface area contributed by atoms with Gasteiger partial charge in [-0.1, -0.05) is 205 Å². The van der Waals surface area contributed by atoms with Gasteiger partial charge in [-0.15, -0.1) is 0 Å². The van der Waals surface area contributed by atoms with E-state index in [1.54, 1.807) is 0 Å². The molecule has 0 fully saturated rings. The first-order valence-electron chi connectivity index (χ1n) is 22.1. The number of rotatable bonds is 40. The van der Waals surface area contributed by atoms with Gasteiger partial charge in [0.1, 0.15) is 6.10 Å². The van der Waals surface area contributed by atoms with E-state index in [2.05, 4.69) is 43.5 Å². The van der Waals surface area contributed by atoms with Gasteiger partial charge in [-0.3, -0.25) is 4.79 Å². The Bertz CT molecular complexity index is 739. The summed E-state index contributed by atoms with van der Waals surface area (Å²) in [6.07, 6.45) is 48.8. The molecule has 5 nitrogen and oxygen atoms in total. The highest BCUT2D eigenvalue weighted by molar-refractivity contribution is 5.76. The van der Waals surface area contributed by atoms with Gasteiger partial charge in [-0.2, -0.15) is 0 Å². The summed E-state index contributed by atoms with van der Waals surface area (Å²) in [6, 6.07) is -0.827. The predicted molar refractivity (Wildman–Crippen MR) is 218 cm³/mol. The Hall–Kier alpha value is -1.17. The van der Waals surface area contributed by atoms with Crippen molar-refractivity contribution in [3.05, 3.63) is 24.3 Å². The average molecular weight is 706 g/mol. The third kappa shape index (κ3) is 35.2. The monoisotopic (exact) mass is 706 g/mol. The summed E-state index contributed by atoms with van der Waals surface area (Å²) >= 11 is 0. The summed E-state index contributed by atoms with van der Waals surface area (Å²) in [5.74, 6) is -0.156. The zero-order chi connectivity index (χ0) is 36.6. The number of carbonyl (C=O) groups is 1. The maximum Gasteiger partial charge on any atom is 0.220 e. The van der Waals surface area contributed by atoms with Gasteiger partial charge in [0.05, 0.1) is 18.8 Å². The first-order chi connectivity index (χ1) is 24.6. The average Bonchev–Trinajstić information content (AvgIpc) is 3.12. The number of hydrogen-bond donors (Lipinski definition) is 4. The summed E-state index contributed by atoms with van der Waals surface area (Å²) < 4.78 is 0. The van der Waals surface area contributed by atoms with Gasteiger partial charge >= 0.3 is 0 Å². The van der Waals surface area contributed by atoms with Gasteiger partial charge in [0, 0.05) is 6.42 Å². The smallest absolute Gasteiger partial charge is 0.220 e. The molecule has 0 heterocycles. The van der Waals surface area contributed by atoms with Crippen molar-refractivity contribution in [3.8, 4) is 0 Å². The molecule has 0 radical (unpaired) electrons. The topological polar surface area (TPSA) is 89.8 Å². The molecule has 3 atom stereocenters. The summed E-state index contributed by atoms with van der Waals surface area (Å²) in [7, 11) is 0. The Labute approximate surface area is 312 Å². The van der Waals surface area contributed by atoms with E-state index in [0.717, 1.165) is 51.4 Å². The number of carbonyl (C=O) groups excluding carboxylic acids is 1. The summed E-state index contributed by atoms with van der Waals surface area (Å²) in [6.45, 7) is 4.12. The van der Waals surface area contributed by atoms with E-state index in [4.69, 9.17) is 0 Å². The Morgan fingerprint density at radius 1 is 0.480 bits per heavy atom.